The minimum Gasteiger partial charge on any atom is -0.687 e. The molecule has 132 valence electrons. The summed E-state index contributed by atoms with van der Waals surface area (Å²) < 4.78 is 5.11. The van der Waals surface area contributed by atoms with Crippen molar-refractivity contribution in [2.75, 3.05) is 0 Å². The lowest BCUT2D eigenvalue weighted by Gasteiger charge is -2.39. The highest BCUT2D eigenvalue weighted by Crippen LogP contribution is 2.28. The van der Waals surface area contributed by atoms with Crippen molar-refractivity contribution in [3.8, 4) is 0 Å². The van der Waals surface area contributed by atoms with Gasteiger partial charge in [0.2, 0.25) is 0 Å². The maximum Gasteiger partial charge on any atom is 0.173 e. The molecule has 0 atom stereocenters. The molecular weight excluding hydrogens is 336 g/mol. The number of hydrogen-bond acceptors (Lipinski definition) is 1. The highest BCUT2D eigenvalue weighted by atomic mass is 28.3. The van der Waals surface area contributed by atoms with Gasteiger partial charge in [0.15, 0.2) is 8.24 Å². The number of rotatable bonds is 6. The Morgan fingerprint density at radius 3 is 1.68 bits per heavy atom. The van der Waals surface area contributed by atoms with Crippen molar-refractivity contribution in [1.29, 1.82) is 0 Å². The van der Waals surface area contributed by atoms with Crippen LogP contribution in [0, 0.1) is 0 Å². The summed E-state index contributed by atoms with van der Waals surface area (Å²) >= 11 is 0. The van der Waals surface area contributed by atoms with E-state index in [2.05, 4.69) is 93.9 Å². The lowest BCUT2D eigenvalue weighted by Crippen LogP contribution is -2.21. The zero-order valence-electron chi connectivity index (χ0n) is 16.2. The van der Waals surface area contributed by atoms with Gasteiger partial charge in [-0.2, -0.15) is 0 Å². The van der Waals surface area contributed by atoms with Gasteiger partial charge in [-0.05, 0) is 39.0 Å². The second-order valence-corrected chi connectivity index (χ2v) is 17.3. The lowest BCUT2D eigenvalue weighted by atomic mass is 10.1. The Balaban J connectivity index is 2.57. The van der Waals surface area contributed by atoms with E-state index in [4.69, 9.17) is 9.64 Å². The fourth-order valence-electron chi connectivity index (χ4n) is 2.43. The smallest absolute Gasteiger partial charge is 0.173 e. The van der Waals surface area contributed by atoms with Crippen LogP contribution in [0.2, 0.25) is 39.3 Å². The molecule has 0 spiro atoms. The predicted molar refractivity (Wildman–Crippen MR) is 117 cm³/mol. The van der Waals surface area contributed by atoms with Crippen molar-refractivity contribution in [2.45, 2.75) is 39.3 Å². The Kier molecular flexibility index (Phi) is 6.19. The third kappa shape index (κ3) is 6.84. The molecule has 2 rings (SSSR count). The van der Waals surface area contributed by atoms with Gasteiger partial charge >= 0.3 is 0 Å². The lowest BCUT2D eigenvalue weighted by molar-refractivity contribution is 1.53. The van der Waals surface area contributed by atoms with Crippen LogP contribution in [0.4, 0.5) is 0 Å². The molecule has 0 radical (unpaired) electrons. The highest BCUT2D eigenvalue weighted by Gasteiger charge is 2.13. The Morgan fingerprint density at radius 2 is 1.24 bits per heavy atom. The zero-order chi connectivity index (χ0) is 18.5. The summed E-state index contributed by atoms with van der Waals surface area (Å²) in [6, 6.07) is 20.9. The SMILES string of the molecule is C[Si](C)(C)/N=C(/C=C(/[N-][Si](C)(C)C)c1ccccc1)c1ccccc1. The first-order valence-electron chi connectivity index (χ1n) is 8.79. The second-order valence-electron chi connectivity index (χ2n) is 8.21. The van der Waals surface area contributed by atoms with Gasteiger partial charge in [0.25, 0.3) is 0 Å². The normalized spacial score (nSPS) is 13.7. The van der Waals surface area contributed by atoms with E-state index in [-0.39, 0.29) is 0 Å². The molecule has 2 aromatic rings. The average molecular weight is 366 g/mol. The molecule has 0 saturated heterocycles. The molecule has 0 saturated carbocycles. The topological polar surface area (TPSA) is 26.5 Å². The Hall–Kier alpha value is -1.92. The summed E-state index contributed by atoms with van der Waals surface area (Å²) in [6.45, 7) is 13.6. The van der Waals surface area contributed by atoms with E-state index < -0.39 is 16.5 Å². The molecule has 0 heterocycles. The molecule has 0 fully saturated rings. The standard InChI is InChI=1S/C21H29N2Si2/c1-24(2,3)22-20(18-13-9-7-10-14-18)17-21(23-25(4,5)6)19-15-11-8-12-16-19/h7-17H,1-6H3/q-1/b20-17+,23-21-. The van der Waals surface area contributed by atoms with Gasteiger partial charge in [-0.15, -0.1) is 5.70 Å². The van der Waals surface area contributed by atoms with E-state index in [1.54, 1.807) is 0 Å². The summed E-state index contributed by atoms with van der Waals surface area (Å²) in [5, 5.41) is 0. The van der Waals surface area contributed by atoms with E-state index in [0.717, 1.165) is 22.5 Å². The number of allylic oxidation sites excluding steroid dienone is 1. The largest absolute Gasteiger partial charge is 0.687 e. The van der Waals surface area contributed by atoms with Crippen molar-refractivity contribution in [3.05, 3.63) is 82.8 Å². The van der Waals surface area contributed by atoms with Crippen LogP contribution in [0.3, 0.4) is 0 Å². The molecule has 0 aromatic heterocycles. The molecule has 0 aliphatic rings. The van der Waals surface area contributed by atoms with Crippen LogP contribution in [0.25, 0.3) is 10.7 Å². The maximum absolute atomic E-state index is 5.11. The van der Waals surface area contributed by atoms with E-state index in [0.29, 0.717) is 0 Å². The monoisotopic (exact) mass is 365 g/mol. The predicted octanol–water partition coefficient (Wildman–Crippen LogP) is 6.56. The number of benzene rings is 2. The molecule has 0 N–H and O–H groups in total. The van der Waals surface area contributed by atoms with Gasteiger partial charge in [-0.3, -0.25) is 0 Å². The van der Waals surface area contributed by atoms with Crippen molar-refractivity contribution < 1.29 is 0 Å². The molecule has 2 nitrogen and oxygen atoms in total. The Labute approximate surface area is 154 Å². The highest BCUT2D eigenvalue weighted by molar-refractivity contribution is 6.82. The molecule has 0 bridgehead atoms. The Bertz CT molecular complexity index is 737. The van der Waals surface area contributed by atoms with Crippen molar-refractivity contribution >= 4 is 27.9 Å². The van der Waals surface area contributed by atoms with E-state index >= 15 is 0 Å². The zero-order valence-corrected chi connectivity index (χ0v) is 18.2. The molecule has 0 aliphatic heterocycles. The van der Waals surface area contributed by atoms with Gasteiger partial charge < -0.3 is 9.64 Å². The first-order valence-corrected chi connectivity index (χ1v) is 15.7. The number of nitrogens with zero attached hydrogens (tertiary/aromatic N) is 2. The average Bonchev–Trinajstić information content (AvgIpc) is 2.53. The van der Waals surface area contributed by atoms with Gasteiger partial charge in [0.1, 0.15) is 0 Å². The Morgan fingerprint density at radius 1 is 0.760 bits per heavy atom. The summed E-state index contributed by atoms with van der Waals surface area (Å²) in [5.74, 6) is 0. The van der Waals surface area contributed by atoms with Gasteiger partial charge in [-0.1, -0.05) is 86.4 Å². The number of hydrogen-bond donors (Lipinski definition) is 0. The molecule has 4 heteroatoms. The minimum atomic E-state index is -1.62. The van der Waals surface area contributed by atoms with E-state index in [1.165, 1.54) is 0 Å². The van der Waals surface area contributed by atoms with Crippen LogP contribution in [-0.2, 0) is 0 Å². The van der Waals surface area contributed by atoms with Crippen LogP contribution in [0.15, 0.2) is 71.4 Å². The van der Waals surface area contributed by atoms with Crippen molar-refractivity contribution in [3.63, 3.8) is 0 Å². The van der Waals surface area contributed by atoms with Gasteiger partial charge in [-0.25, -0.2) is 0 Å². The molecular formula is C21H29N2Si2-. The summed E-state index contributed by atoms with van der Waals surface area (Å²) in [6.07, 6.45) is 2.18. The van der Waals surface area contributed by atoms with E-state index in [1.807, 2.05) is 12.1 Å². The molecule has 0 aliphatic carbocycles. The fraction of sp³-hybridized carbons (Fsp3) is 0.286. The second kappa shape index (κ2) is 7.98. The summed E-state index contributed by atoms with van der Waals surface area (Å²) in [5.41, 5.74) is 4.40. The van der Waals surface area contributed by atoms with Crippen molar-refractivity contribution in [1.82, 2.24) is 0 Å². The minimum absolute atomic E-state index is 1.04. The first-order chi connectivity index (χ1) is 11.6. The molecule has 25 heavy (non-hydrogen) atoms. The van der Waals surface area contributed by atoms with Crippen LogP contribution in [0.5, 0.6) is 0 Å². The molecule has 0 amide bonds. The van der Waals surface area contributed by atoms with Gasteiger partial charge in [0, 0.05) is 0 Å². The van der Waals surface area contributed by atoms with Crippen LogP contribution in [-0.4, -0.2) is 22.2 Å². The molecule has 0 unspecified atom stereocenters. The van der Waals surface area contributed by atoms with Crippen LogP contribution < -0.4 is 0 Å². The summed E-state index contributed by atoms with van der Waals surface area (Å²) in [4.78, 5) is 5.11. The van der Waals surface area contributed by atoms with Crippen molar-refractivity contribution in [2.24, 2.45) is 4.66 Å². The third-order valence-electron chi connectivity index (χ3n) is 3.32. The van der Waals surface area contributed by atoms with Crippen LogP contribution in [0.1, 0.15) is 11.1 Å². The first kappa shape index (κ1) is 19.4. The fourth-order valence-corrected chi connectivity index (χ4v) is 4.26. The van der Waals surface area contributed by atoms with Gasteiger partial charge in [0.05, 0.1) is 5.71 Å². The maximum atomic E-state index is 5.11. The van der Waals surface area contributed by atoms with Crippen LogP contribution >= 0.6 is 0 Å². The quantitative estimate of drug-likeness (QED) is 0.409. The summed E-state index contributed by atoms with van der Waals surface area (Å²) in [7, 11) is -3.23. The third-order valence-corrected chi connectivity index (χ3v) is 5.15. The molecule has 2 aromatic carbocycles. The van der Waals surface area contributed by atoms with E-state index in [9.17, 15) is 0 Å².